The van der Waals surface area contributed by atoms with Gasteiger partial charge in [-0.3, -0.25) is 9.48 Å². The smallest absolute Gasteiger partial charge is 0.410 e. The summed E-state index contributed by atoms with van der Waals surface area (Å²) < 4.78 is 28.2. The van der Waals surface area contributed by atoms with Crippen LogP contribution in [0, 0.1) is 17.7 Å². The summed E-state index contributed by atoms with van der Waals surface area (Å²) in [6, 6.07) is 3.27. The first kappa shape index (κ1) is 29.7. The van der Waals surface area contributed by atoms with E-state index in [9.17, 15) is 19.1 Å². The predicted molar refractivity (Wildman–Crippen MR) is 151 cm³/mol. The van der Waals surface area contributed by atoms with Gasteiger partial charge in [-0.2, -0.15) is 5.10 Å². The zero-order chi connectivity index (χ0) is 29.0. The van der Waals surface area contributed by atoms with Crippen LogP contribution >= 0.6 is 0 Å². The van der Waals surface area contributed by atoms with E-state index in [1.54, 1.807) is 22.7 Å². The number of benzene rings is 1. The normalized spacial score (nSPS) is 27.7. The van der Waals surface area contributed by atoms with Gasteiger partial charge in [-0.05, 0) is 62.1 Å². The van der Waals surface area contributed by atoms with Gasteiger partial charge in [0, 0.05) is 39.1 Å². The summed E-state index contributed by atoms with van der Waals surface area (Å²) in [5, 5.41) is 15.1. The van der Waals surface area contributed by atoms with Crippen molar-refractivity contribution in [1.82, 2.24) is 19.6 Å². The zero-order valence-corrected chi connectivity index (χ0v) is 24.0. The lowest BCUT2D eigenvalue weighted by molar-refractivity contribution is -0.151. The molecule has 0 saturated carbocycles. The van der Waals surface area contributed by atoms with Crippen molar-refractivity contribution < 1.29 is 28.6 Å². The molecule has 0 radical (unpaired) electrons. The number of aryl methyl sites for hydroxylation is 1. The summed E-state index contributed by atoms with van der Waals surface area (Å²) in [5.41, 5.74) is 2.00. The molecule has 1 N–H and O–H groups in total. The van der Waals surface area contributed by atoms with Crippen LogP contribution in [0.15, 0.2) is 36.1 Å². The van der Waals surface area contributed by atoms with Crippen LogP contribution in [0.4, 0.5) is 9.18 Å². The highest BCUT2D eigenvalue weighted by Crippen LogP contribution is 2.27. The molecule has 1 aromatic carbocycles. The van der Waals surface area contributed by atoms with Gasteiger partial charge >= 0.3 is 12.1 Å². The van der Waals surface area contributed by atoms with Crippen molar-refractivity contribution in [3.63, 3.8) is 0 Å². The number of cyclic esters (lactones) is 1. The Morgan fingerprint density at radius 2 is 1.88 bits per heavy atom. The largest absolute Gasteiger partial charge is 0.457 e. The van der Waals surface area contributed by atoms with Crippen LogP contribution in [0.25, 0.3) is 17.0 Å². The van der Waals surface area contributed by atoms with Crippen LogP contribution in [-0.4, -0.2) is 88.3 Å². The van der Waals surface area contributed by atoms with E-state index < -0.39 is 24.3 Å². The molecule has 3 heterocycles. The molecule has 218 valence electrons. The first-order chi connectivity index (χ1) is 19.0. The Labute approximate surface area is 235 Å². The fourth-order valence-electron chi connectivity index (χ4n) is 5.28. The van der Waals surface area contributed by atoms with Gasteiger partial charge in [0.15, 0.2) is 0 Å². The zero-order valence-electron chi connectivity index (χ0n) is 24.0. The van der Waals surface area contributed by atoms with Crippen molar-refractivity contribution in [2.75, 3.05) is 33.2 Å². The third-order valence-electron chi connectivity index (χ3n) is 7.94. The second kappa shape index (κ2) is 13.0. The number of hydrogen-bond donors (Lipinski definition) is 1. The Morgan fingerprint density at radius 1 is 1.15 bits per heavy atom. The summed E-state index contributed by atoms with van der Waals surface area (Å²) in [7, 11) is 3.78. The van der Waals surface area contributed by atoms with E-state index >= 15 is 0 Å². The van der Waals surface area contributed by atoms with Crippen LogP contribution < -0.4 is 0 Å². The minimum atomic E-state index is -0.867. The minimum absolute atomic E-state index is 0.0614. The van der Waals surface area contributed by atoms with Crippen LogP contribution in [0.5, 0.6) is 0 Å². The van der Waals surface area contributed by atoms with E-state index in [0.717, 1.165) is 18.7 Å². The molecule has 0 spiro atoms. The number of esters is 1. The molecule has 1 fully saturated rings. The van der Waals surface area contributed by atoms with Crippen molar-refractivity contribution in [1.29, 1.82) is 0 Å². The Bertz CT molecular complexity index is 1270. The van der Waals surface area contributed by atoms with E-state index in [0.29, 0.717) is 42.4 Å². The average Bonchev–Trinajstić information content (AvgIpc) is 3.28. The Morgan fingerprint density at radius 3 is 2.60 bits per heavy atom. The van der Waals surface area contributed by atoms with Crippen LogP contribution in [-0.2, 0) is 21.3 Å². The first-order valence-corrected chi connectivity index (χ1v) is 14.0. The van der Waals surface area contributed by atoms with Crippen molar-refractivity contribution in [2.24, 2.45) is 18.9 Å². The third kappa shape index (κ3) is 7.28. The molecule has 2 aliphatic rings. The van der Waals surface area contributed by atoms with Crippen LogP contribution in [0.3, 0.4) is 0 Å². The molecule has 4 rings (SSSR count). The standard InChI is InChI=1S/C30H41FN4O5/c1-19-6-8-23(36)17-28(37)40-29(21(3)14-22-15-25(31)24-18-32-34(5)26(24)16-22)20(2)7-9-27(19)39-30(38)35-12-10-33(4)11-13-35/h7,9,14-16,18-20,23,27,29,36H,6,8,10-13,17H2,1-5H3/b9-7?,21-14+/t19-,20-,23+,27-,29-/m0/s1. The van der Waals surface area contributed by atoms with Crippen molar-refractivity contribution >= 4 is 29.0 Å². The molecule has 5 atom stereocenters. The summed E-state index contributed by atoms with van der Waals surface area (Å²) in [6.07, 6.45) is 5.53. The summed E-state index contributed by atoms with van der Waals surface area (Å²) in [6.45, 7) is 8.56. The molecule has 1 amide bonds. The molecule has 0 unspecified atom stereocenters. The lowest BCUT2D eigenvalue weighted by Crippen LogP contribution is -2.48. The highest BCUT2D eigenvalue weighted by molar-refractivity contribution is 5.82. The molecule has 1 saturated heterocycles. The van der Waals surface area contributed by atoms with E-state index in [4.69, 9.17) is 9.47 Å². The number of aromatic nitrogens is 2. The SMILES string of the molecule is C/C(=C\c1cc(F)c2cnn(C)c2c1)[C@H]1OC(=O)C[C@H](O)CC[C@H](C)[C@@H](OC(=O)N2CCN(C)CC2)C=C[C@@H]1C. The van der Waals surface area contributed by atoms with Gasteiger partial charge in [-0.1, -0.05) is 26.0 Å². The number of carbonyl (C=O) groups is 2. The van der Waals surface area contributed by atoms with Crippen molar-refractivity contribution in [2.45, 2.75) is 58.3 Å². The Balaban J connectivity index is 1.59. The molecule has 10 heteroatoms. The number of hydrogen-bond acceptors (Lipinski definition) is 7. The number of fused-ring (bicyclic) bond motifs is 1. The maximum Gasteiger partial charge on any atom is 0.410 e. The summed E-state index contributed by atoms with van der Waals surface area (Å²) in [4.78, 5) is 29.6. The fourth-order valence-corrected chi connectivity index (χ4v) is 5.28. The molecule has 40 heavy (non-hydrogen) atoms. The van der Waals surface area contributed by atoms with E-state index in [1.165, 1.54) is 12.3 Å². The number of ether oxygens (including phenoxy) is 2. The quantitative estimate of drug-likeness (QED) is 0.448. The average molecular weight is 557 g/mol. The number of likely N-dealkylation sites (N-methyl/N-ethyl adjacent to an activating group) is 1. The highest BCUT2D eigenvalue weighted by Gasteiger charge is 2.29. The predicted octanol–water partition coefficient (Wildman–Crippen LogP) is 4.15. The van der Waals surface area contributed by atoms with Crippen LogP contribution in [0.2, 0.25) is 0 Å². The number of nitrogens with zero attached hydrogens (tertiary/aromatic N) is 4. The third-order valence-corrected chi connectivity index (χ3v) is 7.94. The minimum Gasteiger partial charge on any atom is -0.457 e. The fraction of sp³-hybridized carbons (Fsp3) is 0.567. The molecular formula is C30H41FN4O5. The van der Waals surface area contributed by atoms with Crippen molar-refractivity contribution in [3.8, 4) is 0 Å². The molecule has 9 nitrogen and oxygen atoms in total. The first-order valence-electron chi connectivity index (χ1n) is 14.0. The molecule has 0 aliphatic carbocycles. The van der Waals surface area contributed by atoms with Crippen molar-refractivity contribution in [3.05, 3.63) is 47.4 Å². The number of carbonyl (C=O) groups excluding carboxylic acids is 2. The van der Waals surface area contributed by atoms with E-state index in [1.807, 2.05) is 46.0 Å². The maximum absolute atomic E-state index is 14.7. The number of amides is 1. The number of halogens is 1. The van der Waals surface area contributed by atoms with E-state index in [2.05, 4.69) is 10.00 Å². The second-order valence-corrected chi connectivity index (χ2v) is 11.3. The summed E-state index contributed by atoms with van der Waals surface area (Å²) in [5.74, 6) is -1.21. The van der Waals surface area contributed by atoms with Gasteiger partial charge in [0.25, 0.3) is 0 Å². The molecule has 1 aromatic heterocycles. The lowest BCUT2D eigenvalue weighted by atomic mass is 9.91. The number of piperazine rings is 1. The molecule has 0 bridgehead atoms. The molecule has 2 aliphatic heterocycles. The van der Waals surface area contributed by atoms with Gasteiger partial charge < -0.3 is 24.4 Å². The van der Waals surface area contributed by atoms with E-state index in [-0.39, 0.29) is 30.2 Å². The van der Waals surface area contributed by atoms with Gasteiger partial charge in [0.05, 0.1) is 29.6 Å². The number of aliphatic hydroxyl groups is 1. The maximum atomic E-state index is 14.7. The topological polar surface area (TPSA) is 97.1 Å². The Kier molecular flexibility index (Phi) is 9.63. The molecule has 2 aromatic rings. The second-order valence-electron chi connectivity index (χ2n) is 11.3. The van der Waals surface area contributed by atoms with Gasteiger partial charge in [0.2, 0.25) is 0 Å². The van der Waals surface area contributed by atoms with Gasteiger partial charge in [-0.25, -0.2) is 9.18 Å². The highest BCUT2D eigenvalue weighted by atomic mass is 19.1. The lowest BCUT2D eigenvalue weighted by Gasteiger charge is -2.33. The van der Waals surface area contributed by atoms with Gasteiger partial charge in [-0.15, -0.1) is 0 Å². The number of rotatable bonds is 3. The summed E-state index contributed by atoms with van der Waals surface area (Å²) >= 11 is 0. The van der Waals surface area contributed by atoms with Gasteiger partial charge in [0.1, 0.15) is 18.0 Å². The van der Waals surface area contributed by atoms with Crippen LogP contribution in [0.1, 0.15) is 45.6 Å². The number of aliphatic hydroxyl groups excluding tert-OH is 1. The monoisotopic (exact) mass is 556 g/mol. The molecular weight excluding hydrogens is 515 g/mol. The Hall–Kier alpha value is -3.24.